The highest BCUT2D eigenvalue weighted by molar-refractivity contribution is 5.89. The molecule has 0 fully saturated rings. The van der Waals surface area contributed by atoms with Gasteiger partial charge in [0.2, 0.25) is 6.79 Å². The van der Waals surface area contributed by atoms with Crippen molar-refractivity contribution in [3.8, 4) is 11.5 Å². The first-order chi connectivity index (χ1) is 13.6. The van der Waals surface area contributed by atoms with E-state index in [9.17, 15) is 4.79 Å². The Hall–Kier alpha value is -3.48. The number of nitrogens with zero attached hydrogens (tertiary/aromatic N) is 2. The highest BCUT2D eigenvalue weighted by Gasteiger charge is 2.15. The van der Waals surface area contributed by atoms with Gasteiger partial charge < -0.3 is 20.1 Å². The topological polar surface area (TPSA) is 77.4 Å². The Kier molecular flexibility index (Phi) is 4.89. The molecule has 0 unspecified atom stereocenters. The van der Waals surface area contributed by atoms with Gasteiger partial charge in [-0.25, -0.2) is 4.79 Å². The van der Waals surface area contributed by atoms with E-state index in [-0.39, 0.29) is 12.8 Å². The first-order valence-electron chi connectivity index (χ1n) is 9.11. The minimum atomic E-state index is -0.284. The number of aromatic nitrogens is 2. The van der Waals surface area contributed by atoms with Gasteiger partial charge in [0.15, 0.2) is 11.5 Å². The van der Waals surface area contributed by atoms with Crippen LogP contribution in [0.1, 0.15) is 22.5 Å². The van der Waals surface area contributed by atoms with Crippen molar-refractivity contribution in [3.63, 3.8) is 0 Å². The van der Waals surface area contributed by atoms with Crippen LogP contribution in [0.25, 0.3) is 0 Å². The Bertz CT molecular complexity index is 998. The van der Waals surface area contributed by atoms with Crippen molar-refractivity contribution in [2.75, 3.05) is 12.1 Å². The van der Waals surface area contributed by atoms with Gasteiger partial charge in [-0.3, -0.25) is 4.68 Å². The maximum atomic E-state index is 12.3. The number of benzene rings is 2. The standard InChI is InChI=1S/C21H22N4O3/c1-14-18(15(2)25(24-14)12-16-6-4-3-5-7-16)11-22-21(26)23-17-8-9-19-20(10-17)28-13-27-19/h3-10H,11-13H2,1-2H3,(H2,22,23,26). The molecule has 2 N–H and O–H groups in total. The fourth-order valence-electron chi connectivity index (χ4n) is 3.22. The molecule has 28 heavy (non-hydrogen) atoms. The van der Waals surface area contributed by atoms with Crippen molar-refractivity contribution < 1.29 is 14.3 Å². The van der Waals surface area contributed by atoms with E-state index in [2.05, 4.69) is 27.9 Å². The van der Waals surface area contributed by atoms with E-state index in [0.29, 0.717) is 30.3 Å². The summed E-state index contributed by atoms with van der Waals surface area (Å²) < 4.78 is 12.6. The second-order valence-electron chi connectivity index (χ2n) is 6.67. The summed E-state index contributed by atoms with van der Waals surface area (Å²) >= 11 is 0. The van der Waals surface area contributed by atoms with Crippen molar-refractivity contribution in [2.45, 2.75) is 26.9 Å². The number of hydrogen-bond donors (Lipinski definition) is 2. The van der Waals surface area contributed by atoms with Crippen molar-refractivity contribution in [1.29, 1.82) is 0 Å². The predicted octanol–water partition coefficient (Wildman–Crippen LogP) is 3.60. The van der Waals surface area contributed by atoms with Gasteiger partial charge in [0, 0.05) is 29.6 Å². The first-order valence-corrected chi connectivity index (χ1v) is 9.11. The van der Waals surface area contributed by atoms with Crippen LogP contribution < -0.4 is 20.1 Å². The Labute approximate surface area is 163 Å². The van der Waals surface area contributed by atoms with Gasteiger partial charge in [0.1, 0.15) is 0 Å². The molecule has 2 heterocycles. The highest BCUT2D eigenvalue weighted by Crippen LogP contribution is 2.34. The Balaban J connectivity index is 1.38. The number of anilines is 1. The summed E-state index contributed by atoms with van der Waals surface area (Å²) in [6.07, 6.45) is 0. The molecule has 4 rings (SSSR count). The number of urea groups is 1. The van der Waals surface area contributed by atoms with E-state index in [1.807, 2.05) is 36.7 Å². The van der Waals surface area contributed by atoms with Gasteiger partial charge >= 0.3 is 6.03 Å². The largest absolute Gasteiger partial charge is 0.454 e. The van der Waals surface area contributed by atoms with Crippen LogP contribution in [0.15, 0.2) is 48.5 Å². The third-order valence-electron chi connectivity index (χ3n) is 4.76. The van der Waals surface area contributed by atoms with Crippen LogP contribution >= 0.6 is 0 Å². The van der Waals surface area contributed by atoms with E-state index in [1.165, 1.54) is 5.56 Å². The molecule has 2 aromatic carbocycles. The molecular formula is C21H22N4O3. The van der Waals surface area contributed by atoms with Gasteiger partial charge in [0.05, 0.1) is 12.2 Å². The molecule has 7 heteroatoms. The molecule has 0 aliphatic carbocycles. The van der Waals surface area contributed by atoms with Crippen LogP contribution in [0.4, 0.5) is 10.5 Å². The fourth-order valence-corrected chi connectivity index (χ4v) is 3.22. The number of rotatable bonds is 5. The molecule has 0 bridgehead atoms. The smallest absolute Gasteiger partial charge is 0.319 e. The van der Waals surface area contributed by atoms with Crippen molar-refractivity contribution in [3.05, 3.63) is 71.0 Å². The average molecular weight is 378 g/mol. The Morgan fingerprint density at radius 1 is 1.11 bits per heavy atom. The van der Waals surface area contributed by atoms with Crippen LogP contribution in [-0.4, -0.2) is 22.6 Å². The summed E-state index contributed by atoms with van der Waals surface area (Å²) in [7, 11) is 0. The number of ether oxygens (including phenoxy) is 2. The molecule has 3 aromatic rings. The van der Waals surface area contributed by atoms with Crippen molar-refractivity contribution >= 4 is 11.7 Å². The third-order valence-corrected chi connectivity index (χ3v) is 4.76. The maximum absolute atomic E-state index is 12.3. The van der Waals surface area contributed by atoms with E-state index >= 15 is 0 Å². The van der Waals surface area contributed by atoms with Crippen LogP contribution in [0.5, 0.6) is 11.5 Å². The quantitative estimate of drug-likeness (QED) is 0.711. The normalized spacial score (nSPS) is 12.1. The van der Waals surface area contributed by atoms with Gasteiger partial charge in [0.25, 0.3) is 0 Å². The Morgan fingerprint density at radius 2 is 1.89 bits per heavy atom. The molecule has 1 aliphatic rings. The Morgan fingerprint density at radius 3 is 2.71 bits per heavy atom. The molecule has 1 aromatic heterocycles. The maximum Gasteiger partial charge on any atom is 0.319 e. The zero-order valence-corrected chi connectivity index (χ0v) is 15.9. The number of fused-ring (bicyclic) bond motifs is 1. The summed E-state index contributed by atoms with van der Waals surface area (Å²) in [6, 6.07) is 15.2. The lowest BCUT2D eigenvalue weighted by atomic mass is 10.2. The lowest BCUT2D eigenvalue weighted by molar-refractivity contribution is 0.174. The predicted molar refractivity (Wildman–Crippen MR) is 106 cm³/mol. The van der Waals surface area contributed by atoms with E-state index in [4.69, 9.17) is 9.47 Å². The van der Waals surface area contributed by atoms with Crippen LogP contribution in [0.3, 0.4) is 0 Å². The zero-order valence-electron chi connectivity index (χ0n) is 15.9. The first kappa shape index (κ1) is 17.9. The molecule has 0 saturated carbocycles. The van der Waals surface area contributed by atoms with Gasteiger partial charge in [-0.05, 0) is 31.5 Å². The number of amides is 2. The molecule has 2 amide bonds. The monoisotopic (exact) mass is 378 g/mol. The molecule has 0 atom stereocenters. The fraction of sp³-hybridized carbons (Fsp3) is 0.238. The molecule has 1 aliphatic heterocycles. The van der Waals surface area contributed by atoms with Crippen LogP contribution in [-0.2, 0) is 13.1 Å². The highest BCUT2D eigenvalue weighted by atomic mass is 16.7. The second-order valence-corrected chi connectivity index (χ2v) is 6.67. The molecule has 7 nitrogen and oxygen atoms in total. The minimum Gasteiger partial charge on any atom is -0.454 e. The van der Waals surface area contributed by atoms with Crippen molar-refractivity contribution in [2.24, 2.45) is 0 Å². The number of hydrogen-bond acceptors (Lipinski definition) is 4. The molecule has 144 valence electrons. The lowest BCUT2D eigenvalue weighted by Crippen LogP contribution is -2.28. The average Bonchev–Trinajstić information content (AvgIpc) is 3.25. The van der Waals surface area contributed by atoms with Gasteiger partial charge in [-0.15, -0.1) is 0 Å². The SMILES string of the molecule is Cc1nn(Cc2ccccc2)c(C)c1CNC(=O)Nc1ccc2c(c1)OCO2. The van der Waals surface area contributed by atoms with Crippen LogP contribution in [0, 0.1) is 13.8 Å². The number of aryl methyl sites for hydroxylation is 1. The lowest BCUT2D eigenvalue weighted by Gasteiger charge is -2.09. The molecular weight excluding hydrogens is 356 g/mol. The van der Waals surface area contributed by atoms with Crippen LogP contribution in [0.2, 0.25) is 0 Å². The molecule has 0 radical (unpaired) electrons. The summed E-state index contributed by atoms with van der Waals surface area (Å²) in [5, 5.41) is 10.3. The minimum absolute atomic E-state index is 0.205. The summed E-state index contributed by atoms with van der Waals surface area (Å²) in [5.41, 5.74) is 4.82. The molecule has 0 spiro atoms. The second kappa shape index (κ2) is 7.64. The third kappa shape index (κ3) is 3.78. The molecule has 0 saturated heterocycles. The van der Waals surface area contributed by atoms with Gasteiger partial charge in [-0.2, -0.15) is 5.10 Å². The van der Waals surface area contributed by atoms with Gasteiger partial charge in [-0.1, -0.05) is 30.3 Å². The number of nitrogens with one attached hydrogen (secondary N) is 2. The van der Waals surface area contributed by atoms with E-state index in [0.717, 1.165) is 17.0 Å². The summed E-state index contributed by atoms with van der Waals surface area (Å²) in [5.74, 6) is 1.31. The van der Waals surface area contributed by atoms with E-state index < -0.39 is 0 Å². The summed E-state index contributed by atoms with van der Waals surface area (Å²) in [4.78, 5) is 12.3. The van der Waals surface area contributed by atoms with E-state index in [1.54, 1.807) is 18.2 Å². The number of carbonyl (C=O) groups is 1. The summed E-state index contributed by atoms with van der Waals surface area (Å²) in [6.45, 7) is 5.30. The van der Waals surface area contributed by atoms with Crippen molar-refractivity contribution in [1.82, 2.24) is 15.1 Å². The zero-order chi connectivity index (χ0) is 19.5. The number of carbonyl (C=O) groups excluding carboxylic acids is 1.